The highest BCUT2D eigenvalue weighted by Gasteiger charge is 2.39. The van der Waals surface area contributed by atoms with E-state index in [2.05, 4.69) is 0 Å². The molecule has 0 bridgehead atoms. The van der Waals surface area contributed by atoms with Gasteiger partial charge in [0.05, 0.1) is 11.0 Å². The topological polar surface area (TPSA) is 144 Å². The van der Waals surface area contributed by atoms with Crippen molar-refractivity contribution in [2.45, 2.75) is 31.3 Å². The fourth-order valence-electron chi connectivity index (χ4n) is 1.66. The molecule has 1 atom stereocenters. The summed E-state index contributed by atoms with van der Waals surface area (Å²) in [7, 11) is -4.77. The van der Waals surface area contributed by atoms with Crippen molar-refractivity contribution in [1.29, 1.82) is 0 Å². The summed E-state index contributed by atoms with van der Waals surface area (Å²) < 4.78 is 24.5. The van der Waals surface area contributed by atoms with Crippen LogP contribution in [-0.4, -0.2) is 40.5 Å². The van der Waals surface area contributed by atoms with E-state index in [4.69, 9.17) is 0 Å². The molecule has 1 unspecified atom stereocenters. The lowest BCUT2D eigenvalue weighted by Crippen LogP contribution is -2.41. The number of sulfonamides is 1. The average Bonchev–Trinajstić information content (AvgIpc) is 2.43. The molecule has 10 nitrogen and oxygen atoms in total. The zero-order chi connectivity index (χ0) is 17.1. The van der Waals surface area contributed by atoms with Gasteiger partial charge in [-0.1, -0.05) is 13.0 Å². The molecular formula is C11H15N3O7S. The molecule has 11 heteroatoms. The highest BCUT2D eigenvalue weighted by Crippen LogP contribution is 2.28. The van der Waals surface area contributed by atoms with Crippen LogP contribution >= 0.6 is 0 Å². The Labute approximate surface area is 126 Å². The van der Waals surface area contributed by atoms with E-state index in [1.54, 1.807) is 0 Å². The Hall–Kier alpha value is -2.27. The second-order valence-corrected chi connectivity index (χ2v) is 6.35. The summed E-state index contributed by atoms with van der Waals surface area (Å²) in [5, 5.41) is 30.2. The third kappa shape index (κ3) is 3.68. The lowest BCUT2D eigenvalue weighted by molar-refractivity contribution is -0.621. The van der Waals surface area contributed by atoms with Crippen molar-refractivity contribution in [2.75, 3.05) is 6.54 Å². The first-order valence-electron chi connectivity index (χ1n) is 6.21. The predicted octanol–water partition coefficient (Wildman–Crippen LogP) is 0.857. The van der Waals surface area contributed by atoms with Gasteiger partial charge in [-0.15, -0.1) is 0 Å². The number of nitro groups is 2. The van der Waals surface area contributed by atoms with Gasteiger partial charge in [0, 0.05) is 6.07 Å². The van der Waals surface area contributed by atoms with Crippen LogP contribution in [-0.2, 0) is 10.0 Å². The van der Waals surface area contributed by atoms with Crippen molar-refractivity contribution in [3.8, 4) is 0 Å². The summed E-state index contributed by atoms with van der Waals surface area (Å²) in [5.41, 5.74) is -0.315. The van der Waals surface area contributed by atoms with E-state index < -0.39 is 43.2 Å². The predicted molar refractivity (Wildman–Crippen MR) is 75.0 cm³/mol. The molecule has 22 heavy (non-hydrogen) atoms. The molecule has 1 rings (SSSR count). The Morgan fingerprint density at radius 2 is 1.91 bits per heavy atom. The van der Waals surface area contributed by atoms with Crippen molar-refractivity contribution >= 4 is 15.7 Å². The lowest BCUT2D eigenvalue weighted by atomic mass is 10.2. The Bertz CT molecular complexity index is 689. The van der Waals surface area contributed by atoms with E-state index >= 15 is 0 Å². The number of rotatable bonds is 7. The van der Waals surface area contributed by atoms with Crippen molar-refractivity contribution < 1.29 is 23.5 Å². The van der Waals surface area contributed by atoms with Crippen LogP contribution in [0.2, 0.25) is 0 Å². The summed E-state index contributed by atoms with van der Waals surface area (Å²) in [6.45, 7) is 2.25. The smallest absolute Gasteiger partial charge is 0.320 e. The lowest BCUT2D eigenvalue weighted by Gasteiger charge is -2.17. The van der Waals surface area contributed by atoms with Gasteiger partial charge in [0.1, 0.15) is 6.54 Å². The SMILES string of the molecule is CCC(O)CN([N+](=O)[O-])S(=O)(=O)c1ccc(C)cc1[N+](=O)[O-]. The molecule has 0 aliphatic heterocycles. The van der Waals surface area contributed by atoms with Crippen LogP contribution in [0.4, 0.5) is 5.69 Å². The van der Waals surface area contributed by atoms with Gasteiger partial charge in [0.2, 0.25) is 0 Å². The summed E-state index contributed by atoms with van der Waals surface area (Å²) >= 11 is 0. The quantitative estimate of drug-likeness (QED) is 0.575. The van der Waals surface area contributed by atoms with Gasteiger partial charge >= 0.3 is 10.0 Å². The number of aliphatic hydroxyl groups is 1. The van der Waals surface area contributed by atoms with Crippen LogP contribution in [0.1, 0.15) is 18.9 Å². The maximum Gasteiger partial charge on any atom is 0.320 e. The fourth-order valence-corrected chi connectivity index (χ4v) is 3.07. The Balaban J connectivity index is 3.44. The maximum absolute atomic E-state index is 12.3. The molecule has 0 radical (unpaired) electrons. The summed E-state index contributed by atoms with van der Waals surface area (Å²) in [6.07, 6.45) is -1.17. The van der Waals surface area contributed by atoms with E-state index in [1.807, 2.05) is 0 Å². The molecule has 1 aromatic rings. The van der Waals surface area contributed by atoms with Gasteiger partial charge in [-0.3, -0.25) is 10.1 Å². The second-order valence-electron chi connectivity index (χ2n) is 4.54. The third-order valence-electron chi connectivity index (χ3n) is 2.89. The van der Waals surface area contributed by atoms with E-state index in [1.165, 1.54) is 19.9 Å². The van der Waals surface area contributed by atoms with E-state index in [0.29, 0.717) is 5.56 Å². The van der Waals surface area contributed by atoms with Crippen LogP contribution in [0.25, 0.3) is 0 Å². The van der Waals surface area contributed by atoms with Crippen LogP contribution in [0.5, 0.6) is 0 Å². The molecule has 0 fully saturated rings. The summed E-state index contributed by atoms with van der Waals surface area (Å²) in [5.74, 6) is 0. The second kappa shape index (κ2) is 6.66. The largest absolute Gasteiger partial charge is 0.391 e. The first-order valence-corrected chi connectivity index (χ1v) is 7.65. The average molecular weight is 333 g/mol. The van der Waals surface area contributed by atoms with E-state index in [-0.39, 0.29) is 10.8 Å². The van der Waals surface area contributed by atoms with E-state index in [0.717, 1.165) is 12.1 Å². The molecule has 0 saturated heterocycles. The van der Waals surface area contributed by atoms with Crippen LogP contribution < -0.4 is 0 Å². The Morgan fingerprint density at radius 3 is 2.36 bits per heavy atom. The number of hydrogen-bond acceptors (Lipinski definition) is 7. The molecule has 0 spiro atoms. The number of hydrazine groups is 1. The number of benzene rings is 1. The van der Waals surface area contributed by atoms with Gasteiger partial charge in [0.15, 0.2) is 9.93 Å². The zero-order valence-electron chi connectivity index (χ0n) is 11.9. The van der Waals surface area contributed by atoms with Crippen LogP contribution in [0.3, 0.4) is 0 Å². The van der Waals surface area contributed by atoms with E-state index in [9.17, 15) is 33.8 Å². The van der Waals surface area contributed by atoms with Gasteiger partial charge in [0.25, 0.3) is 5.69 Å². The van der Waals surface area contributed by atoms with Gasteiger partial charge in [-0.25, -0.2) is 10.1 Å². The number of aliphatic hydroxyl groups excluding tert-OH is 1. The third-order valence-corrected chi connectivity index (χ3v) is 4.63. The number of aryl methyl sites for hydroxylation is 1. The monoisotopic (exact) mass is 333 g/mol. The number of nitrogens with zero attached hydrogens (tertiary/aromatic N) is 3. The molecule has 1 N–H and O–H groups in total. The molecule has 1 aromatic carbocycles. The Morgan fingerprint density at radius 1 is 1.32 bits per heavy atom. The molecular weight excluding hydrogens is 318 g/mol. The Kier molecular flexibility index (Phi) is 5.38. The van der Waals surface area contributed by atoms with Crippen LogP contribution in [0, 0.1) is 27.2 Å². The van der Waals surface area contributed by atoms with Crippen molar-refractivity contribution in [2.24, 2.45) is 0 Å². The standard InChI is InChI=1S/C11H15N3O7S/c1-3-9(15)7-12(14(18)19)22(20,21)11-5-4-8(2)6-10(11)13(16)17/h4-6,9,15H,3,7H2,1-2H3. The van der Waals surface area contributed by atoms with Gasteiger partial charge in [-0.05, 0) is 29.4 Å². The summed E-state index contributed by atoms with van der Waals surface area (Å²) in [6, 6.07) is 3.26. The normalized spacial score (nSPS) is 12.7. The van der Waals surface area contributed by atoms with Crippen molar-refractivity contribution in [3.63, 3.8) is 0 Å². The van der Waals surface area contributed by atoms with Gasteiger partial charge < -0.3 is 5.11 Å². The summed E-state index contributed by atoms with van der Waals surface area (Å²) in [4.78, 5) is 20.3. The highest BCUT2D eigenvalue weighted by atomic mass is 32.2. The minimum absolute atomic E-state index is 0.0931. The van der Waals surface area contributed by atoms with Gasteiger partial charge in [-0.2, -0.15) is 8.42 Å². The molecule has 0 aliphatic rings. The number of nitro benzene ring substituents is 1. The van der Waals surface area contributed by atoms with Crippen LogP contribution in [0.15, 0.2) is 23.1 Å². The molecule has 0 aromatic heterocycles. The minimum Gasteiger partial charge on any atom is -0.391 e. The highest BCUT2D eigenvalue weighted by molar-refractivity contribution is 7.89. The van der Waals surface area contributed by atoms with Crippen molar-refractivity contribution in [1.82, 2.24) is 4.41 Å². The van der Waals surface area contributed by atoms with Crippen molar-refractivity contribution in [3.05, 3.63) is 44.0 Å². The fraction of sp³-hybridized carbons (Fsp3) is 0.455. The molecule has 0 saturated carbocycles. The molecule has 0 heterocycles. The molecule has 0 amide bonds. The zero-order valence-corrected chi connectivity index (χ0v) is 12.7. The first kappa shape index (κ1) is 17.8. The number of hydrogen-bond donors (Lipinski definition) is 1. The molecule has 122 valence electrons. The molecule has 0 aliphatic carbocycles. The first-order chi connectivity index (χ1) is 10.1. The maximum atomic E-state index is 12.3. The minimum atomic E-state index is -4.77.